The third-order valence-corrected chi connectivity index (χ3v) is 7.14. The zero-order valence-electron chi connectivity index (χ0n) is 21.9. The molecule has 7 heteroatoms. The summed E-state index contributed by atoms with van der Waals surface area (Å²) in [7, 11) is 3.28. The molecule has 39 heavy (non-hydrogen) atoms. The maximum atomic E-state index is 13.9. The highest BCUT2D eigenvalue weighted by Crippen LogP contribution is 2.45. The van der Waals surface area contributed by atoms with Gasteiger partial charge >= 0.3 is 0 Å². The van der Waals surface area contributed by atoms with Crippen LogP contribution in [0.5, 0.6) is 11.5 Å². The van der Waals surface area contributed by atoms with Crippen molar-refractivity contribution in [3.8, 4) is 11.5 Å². The van der Waals surface area contributed by atoms with Gasteiger partial charge in [-0.3, -0.25) is 9.69 Å². The van der Waals surface area contributed by atoms with Crippen LogP contribution in [-0.4, -0.2) is 35.9 Å². The number of rotatable bonds is 7. The number of carbonyl (C=O) groups excluding carboxylic acids is 1. The lowest BCUT2D eigenvalue weighted by atomic mass is 10.0. The Hall–Kier alpha value is -4.78. The van der Waals surface area contributed by atoms with Crippen LogP contribution >= 0.6 is 0 Å². The van der Waals surface area contributed by atoms with Crippen molar-refractivity contribution in [2.45, 2.75) is 25.0 Å². The lowest BCUT2D eigenvalue weighted by Gasteiger charge is -2.30. The number of nitrogens with zero attached hydrogens (tertiary/aromatic N) is 3. The van der Waals surface area contributed by atoms with E-state index in [2.05, 4.69) is 11.0 Å². The Kier molecular flexibility index (Phi) is 6.63. The maximum absolute atomic E-state index is 13.9. The first kappa shape index (κ1) is 24.6. The molecule has 0 saturated carbocycles. The Morgan fingerprint density at radius 1 is 0.949 bits per heavy atom. The number of guanidine groups is 1. The molecule has 2 aliphatic rings. The van der Waals surface area contributed by atoms with Gasteiger partial charge in [-0.15, -0.1) is 0 Å². The number of ether oxygens (including phenoxy) is 2. The molecule has 1 aromatic heterocycles. The number of amides is 1. The molecule has 0 bridgehead atoms. The molecule has 2 aliphatic heterocycles. The fourth-order valence-corrected chi connectivity index (χ4v) is 5.28. The zero-order valence-corrected chi connectivity index (χ0v) is 21.9. The topological polar surface area (TPSA) is 67.5 Å². The van der Waals surface area contributed by atoms with Gasteiger partial charge in [0.1, 0.15) is 23.3 Å². The Balaban J connectivity index is 1.53. The average Bonchev–Trinajstić information content (AvgIpc) is 3.61. The number of aliphatic imine (C=N–C) groups is 1. The van der Waals surface area contributed by atoms with Crippen molar-refractivity contribution in [3.05, 3.63) is 125 Å². The summed E-state index contributed by atoms with van der Waals surface area (Å²) in [5.74, 6) is 2.73. The molecule has 3 aromatic carbocycles. The van der Waals surface area contributed by atoms with Crippen molar-refractivity contribution in [2.75, 3.05) is 14.2 Å². The normalized spacial score (nSPS) is 19.7. The van der Waals surface area contributed by atoms with E-state index in [-0.39, 0.29) is 24.4 Å². The predicted molar refractivity (Wildman–Crippen MR) is 149 cm³/mol. The van der Waals surface area contributed by atoms with Gasteiger partial charge in [0.05, 0.1) is 45.2 Å². The van der Waals surface area contributed by atoms with Crippen molar-refractivity contribution in [3.63, 3.8) is 0 Å². The van der Waals surface area contributed by atoms with Crippen LogP contribution in [0.3, 0.4) is 0 Å². The standard InChI is InChI=1S/C32H29N3O4/c1-37-25-16-15-24(29(19-25)38-2)21-34-31(28-14-9-17-39-28)27(18-22-10-5-3-6-11-22)35-30(36)20-26(33-32(34)35)23-12-7-4-8-13-23/h3-19,26,31H,20-21H2,1-2H3/b27-18-/t26-,31?/m0/s1. The average molecular weight is 520 g/mol. The molecule has 196 valence electrons. The van der Waals surface area contributed by atoms with Crippen LogP contribution in [0.2, 0.25) is 0 Å². The number of benzene rings is 3. The van der Waals surface area contributed by atoms with Crippen LogP contribution in [-0.2, 0) is 11.3 Å². The van der Waals surface area contributed by atoms with Gasteiger partial charge in [0.25, 0.3) is 0 Å². The van der Waals surface area contributed by atoms with Crippen LogP contribution in [0, 0.1) is 0 Å². The van der Waals surface area contributed by atoms with Gasteiger partial charge in [-0.05, 0) is 41.5 Å². The van der Waals surface area contributed by atoms with Crippen molar-refractivity contribution >= 4 is 17.9 Å². The number of carbonyl (C=O) groups is 1. The second-order valence-corrected chi connectivity index (χ2v) is 9.49. The highest BCUT2D eigenvalue weighted by Gasteiger charge is 2.48. The minimum Gasteiger partial charge on any atom is -0.497 e. The van der Waals surface area contributed by atoms with E-state index in [1.54, 1.807) is 25.4 Å². The Morgan fingerprint density at radius 2 is 1.72 bits per heavy atom. The second kappa shape index (κ2) is 10.5. The number of methoxy groups -OCH3 is 2. The minimum atomic E-state index is -0.371. The molecule has 4 aromatic rings. The second-order valence-electron chi connectivity index (χ2n) is 9.49. The number of fused-ring (bicyclic) bond motifs is 1. The van der Waals surface area contributed by atoms with E-state index in [1.807, 2.05) is 91.0 Å². The summed E-state index contributed by atoms with van der Waals surface area (Å²) in [5, 5.41) is 0. The smallest absolute Gasteiger partial charge is 0.236 e. The molecule has 0 N–H and O–H groups in total. The summed E-state index contributed by atoms with van der Waals surface area (Å²) in [6.07, 6.45) is 3.99. The SMILES string of the molecule is COc1ccc(CN2C3=N[C@H](c4ccccc4)CC(=O)N3/C(=C\c3ccccc3)C2c2ccco2)c(OC)c1. The highest BCUT2D eigenvalue weighted by atomic mass is 16.5. The van der Waals surface area contributed by atoms with Crippen molar-refractivity contribution in [1.82, 2.24) is 9.80 Å². The third-order valence-electron chi connectivity index (χ3n) is 7.14. The van der Waals surface area contributed by atoms with Crippen LogP contribution < -0.4 is 9.47 Å². The molecule has 3 heterocycles. The summed E-state index contributed by atoms with van der Waals surface area (Å²) in [4.78, 5) is 23.0. The fraction of sp³-hybridized carbons (Fsp3) is 0.188. The molecule has 7 nitrogen and oxygen atoms in total. The Bertz CT molecular complexity index is 1510. The van der Waals surface area contributed by atoms with Crippen LogP contribution in [0.15, 0.2) is 112 Å². The quantitative estimate of drug-likeness (QED) is 0.290. The summed E-state index contributed by atoms with van der Waals surface area (Å²) in [6.45, 7) is 0.439. The molecule has 0 aliphatic carbocycles. The predicted octanol–water partition coefficient (Wildman–Crippen LogP) is 6.22. The molecule has 0 radical (unpaired) electrons. The maximum Gasteiger partial charge on any atom is 0.236 e. The Labute approximate surface area is 227 Å². The summed E-state index contributed by atoms with van der Waals surface area (Å²) in [5.41, 5.74) is 3.74. The van der Waals surface area contributed by atoms with Crippen molar-refractivity contribution in [2.24, 2.45) is 4.99 Å². The first-order chi connectivity index (χ1) is 19.2. The molecule has 0 spiro atoms. The number of furan rings is 1. The van der Waals surface area contributed by atoms with Crippen molar-refractivity contribution < 1.29 is 18.7 Å². The number of hydrogen-bond donors (Lipinski definition) is 0. The summed E-state index contributed by atoms with van der Waals surface area (Å²) < 4.78 is 17.1. The van der Waals surface area contributed by atoms with Gasteiger partial charge in [-0.25, -0.2) is 4.99 Å². The molecule has 1 fully saturated rings. The monoisotopic (exact) mass is 519 g/mol. The molecular formula is C32H29N3O4. The Morgan fingerprint density at radius 3 is 2.41 bits per heavy atom. The van der Waals surface area contributed by atoms with Gasteiger partial charge in [0.2, 0.25) is 11.9 Å². The molecule has 1 unspecified atom stereocenters. The molecule has 1 saturated heterocycles. The van der Waals surface area contributed by atoms with Gasteiger partial charge in [0.15, 0.2) is 0 Å². The lowest BCUT2D eigenvalue weighted by molar-refractivity contribution is -0.126. The minimum absolute atomic E-state index is 0.00298. The molecule has 1 amide bonds. The first-order valence-corrected chi connectivity index (χ1v) is 12.9. The van der Waals surface area contributed by atoms with Gasteiger partial charge < -0.3 is 18.8 Å². The lowest BCUT2D eigenvalue weighted by Crippen LogP contribution is -2.41. The van der Waals surface area contributed by atoms with Crippen molar-refractivity contribution in [1.29, 1.82) is 0 Å². The number of hydrogen-bond acceptors (Lipinski definition) is 6. The van der Waals surface area contributed by atoms with Gasteiger partial charge in [-0.1, -0.05) is 60.7 Å². The van der Waals surface area contributed by atoms with E-state index in [4.69, 9.17) is 18.9 Å². The van der Waals surface area contributed by atoms with Crippen LogP contribution in [0.4, 0.5) is 0 Å². The largest absolute Gasteiger partial charge is 0.497 e. The van der Waals surface area contributed by atoms with Gasteiger partial charge in [-0.2, -0.15) is 0 Å². The molecular weight excluding hydrogens is 490 g/mol. The van der Waals surface area contributed by atoms with E-state index in [0.717, 1.165) is 28.1 Å². The van der Waals surface area contributed by atoms with Gasteiger partial charge in [0, 0.05) is 11.6 Å². The van der Waals surface area contributed by atoms with E-state index in [1.165, 1.54) is 0 Å². The molecule has 6 rings (SSSR count). The van der Waals surface area contributed by atoms with E-state index in [0.29, 0.717) is 24.0 Å². The van der Waals surface area contributed by atoms with Crippen LogP contribution in [0.25, 0.3) is 6.08 Å². The third kappa shape index (κ3) is 4.68. The zero-order chi connectivity index (χ0) is 26.8. The molecule has 2 atom stereocenters. The van der Waals surface area contributed by atoms with E-state index < -0.39 is 0 Å². The van der Waals surface area contributed by atoms with E-state index in [9.17, 15) is 4.79 Å². The van der Waals surface area contributed by atoms with E-state index >= 15 is 0 Å². The highest BCUT2D eigenvalue weighted by molar-refractivity contribution is 6.04. The summed E-state index contributed by atoms with van der Waals surface area (Å²) in [6, 6.07) is 28.9. The van der Waals surface area contributed by atoms with Crippen LogP contribution in [0.1, 0.15) is 41.0 Å². The first-order valence-electron chi connectivity index (χ1n) is 12.9. The summed E-state index contributed by atoms with van der Waals surface area (Å²) >= 11 is 0. The fourth-order valence-electron chi connectivity index (χ4n) is 5.28.